The number of aromatic nitrogens is 3. The number of ether oxygens (including phenoxy) is 1. The Morgan fingerprint density at radius 2 is 2.10 bits per heavy atom. The molecule has 4 aromatic rings. The van der Waals surface area contributed by atoms with E-state index in [9.17, 15) is 15.0 Å². The molecule has 1 fully saturated rings. The van der Waals surface area contributed by atoms with Crippen LogP contribution in [0.4, 0.5) is 5.69 Å². The van der Waals surface area contributed by atoms with Gasteiger partial charge in [-0.3, -0.25) is 9.36 Å². The Kier molecular flexibility index (Phi) is 4.54. The van der Waals surface area contributed by atoms with Gasteiger partial charge in [-0.2, -0.15) is 0 Å². The minimum Gasteiger partial charge on any atom is -0.398 e. The lowest BCUT2D eigenvalue weighted by molar-refractivity contribution is -0.0432. The highest BCUT2D eigenvalue weighted by atomic mass is 16.5. The van der Waals surface area contributed by atoms with Crippen LogP contribution < -0.4 is 11.2 Å². The average Bonchev–Trinajstić information content (AvgIpc) is 3.33. The maximum atomic E-state index is 12.7. The zero-order valence-electron chi connectivity index (χ0n) is 16.2. The van der Waals surface area contributed by atoms with E-state index in [1.165, 1.54) is 6.33 Å². The Morgan fingerprint density at radius 1 is 1.27 bits per heavy atom. The lowest BCUT2D eigenvalue weighted by atomic mass is 9.99. The van der Waals surface area contributed by atoms with Crippen molar-refractivity contribution in [1.29, 1.82) is 0 Å². The van der Waals surface area contributed by atoms with E-state index in [4.69, 9.17) is 10.5 Å². The van der Waals surface area contributed by atoms with Crippen LogP contribution in [0.15, 0.2) is 53.6 Å². The fraction of sp³-hybridized carbons (Fsp3) is 0.273. The van der Waals surface area contributed by atoms with E-state index < -0.39 is 18.4 Å². The number of rotatable bonds is 4. The molecule has 0 aliphatic carbocycles. The molecule has 0 bridgehead atoms. The van der Waals surface area contributed by atoms with Gasteiger partial charge in [0.2, 0.25) is 5.43 Å². The van der Waals surface area contributed by atoms with Gasteiger partial charge in [0.25, 0.3) is 0 Å². The van der Waals surface area contributed by atoms with Crippen molar-refractivity contribution in [1.82, 2.24) is 14.5 Å². The number of aromatic amines is 1. The summed E-state index contributed by atoms with van der Waals surface area (Å²) in [7, 11) is 0. The van der Waals surface area contributed by atoms with Crippen LogP contribution in [0.3, 0.4) is 0 Å². The molecule has 5 rings (SSSR count). The van der Waals surface area contributed by atoms with Gasteiger partial charge in [-0.15, -0.1) is 0 Å². The van der Waals surface area contributed by atoms with E-state index in [-0.39, 0.29) is 12.0 Å². The molecule has 0 spiro atoms. The zero-order chi connectivity index (χ0) is 20.8. The normalized spacial score (nSPS) is 21.6. The third-order valence-corrected chi connectivity index (χ3v) is 5.75. The summed E-state index contributed by atoms with van der Waals surface area (Å²) in [6.45, 7) is -0.271. The third-order valence-electron chi connectivity index (χ3n) is 5.75. The number of aliphatic hydroxyl groups is 2. The van der Waals surface area contributed by atoms with Gasteiger partial charge < -0.3 is 25.7 Å². The number of nitrogens with two attached hydrogens (primary N) is 1. The number of fused-ring (bicyclic) bond motifs is 2. The number of nitrogen functional groups attached to an aromatic ring is 1. The molecule has 0 radical (unpaired) electrons. The first-order valence-electron chi connectivity index (χ1n) is 9.84. The van der Waals surface area contributed by atoms with Crippen molar-refractivity contribution in [3.8, 4) is 0 Å². The van der Waals surface area contributed by atoms with Gasteiger partial charge in [0.1, 0.15) is 18.0 Å². The Balaban J connectivity index is 1.57. The molecule has 2 aromatic carbocycles. The van der Waals surface area contributed by atoms with Crippen molar-refractivity contribution in [3.05, 3.63) is 70.3 Å². The number of imidazole rings is 1. The van der Waals surface area contributed by atoms with Gasteiger partial charge >= 0.3 is 0 Å². The molecule has 154 valence electrons. The van der Waals surface area contributed by atoms with Crippen LogP contribution >= 0.6 is 0 Å². The van der Waals surface area contributed by atoms with Gasteiger partial charge in [-0.05, 0) is 22.4 Å². The monoisotopic (exact) mass is 406 g/mol. The molecular weight excluding hydrogens is 384 g/mol. The molecule has 3 unspecified atom stereocenters. The first-order chi connectivity index (χ1) is 14.5. The van der Waals surface area contributed by atoms with Gasteiger partial charge in [0.15, 0.2) is 5.52 Å². The Bertz CT molecular complexity index is 1300. The van der Waals surface area contributed by atoms with Crippen LogP contribution in [0.5, 0.6) is 0 Å². The van der Waals surface area contributed by atoms with Crippen LogP contribution in [0.1, 0.15) is 23.9 Å². The summed E-state index contributed by atoms with van der Waals surface area (Å²) in [6, 6.07) is 13.4. The summed E-state index contributed by atoms with van der Waals surface area (Å²) in [5.41, 5.74) is 9.19. The van der Waals surface area contributed by atoms with E-state index in [2.05, 4.69) is 9.97 Å². The lowest BCUT2D eigenvalue weighted by Gasteiger charge is -2.15. The topological polar surface area (TPSA) is 126 Å². The molecule has 5 N–H and O–H groups in total. The molecule has 0 amide bonds. The molecular formula is C22H22N4O4. The predicted molar refractivity (Wildman–Crippen MR) is 113 cm³/mol. The van der Waals surface area contributed by atoms with Crippen molar-refractivity contribution >= 4 is 27.6 Å². The SMILES string of the molecule is Nc1ccc2ccccc2c1Cc1cc(=O)c2ncn(C3CC(O)C(CO)O3)c2[nH]1. The van der Waals surface area contributed by atoms with Crippen LogP contribution in [-0.2, 0) is 11.2 Å². The molecule has 1 aliphatic rings. The maximum absolute atomic E-state index is 12.7. The largest absolute Gasteiger partial charge is 0.398 e. The van der Waals surface area contributed by atoms with Crippen LogP contribution in [-0.4, -0.2) is 43.6 Å². The standard InChI is InChI=1S/C22H22N4O4/c23-16-6-5-12-3-1-2-4-14(12)15(16)7-13-8-18(29)21-22(25-13)26(11-24-21)20-9-17(28)19(10-27)30-20/h1-6,8,11,17,19-20,27-28H,7,9-10,23H2,(H,25,29). The molecule has 3 heterocycles. The number of aliphatic hydroxyl groups excluding tert-OH is 2. The first-order valence-corrected chi connectivity index (χ1v) is 9.84. The first kappa shape index (κ1) is 18.8. The van der Waals surface area contributed by atoms with Crippen molar-refractivity contribution in [3.63, 3.8) is 0 Å². The second kappa shape index (κ2) is 7.24. The highest BCUT2D eigenvalue weighted by molar-refractivity contribution is 5.90. The van der Waals surface area contributed by atoms with Crippen molar-refractivity contribution < 1.29 is 14.9 Å². The Hall–Kier alpha value is -3.20. The number of hydrogen-bond acceptors (Lipinski definition) is 6. The second-order valence-corrected chi connectivity index (χ2v) is 7.65. The summed E-state index contributed by atoms with van der Waals surface area (Å²) in [5, 5.41) is 21.5. The minimum atomic E-state index is -0.775. The van der Waals surface area contributed by atoms with E-state index in [1.54, 1.807) is 10.6 Å². The van der Waals surface area contributed by atoms with E-state index >= 15 is 0 Å². The van der Waals surface area contributed by atoms with Gasteiger partial charge in [0, 0.05) is 30.3 Å². The lowest BCUT2D eigenvalue weighted by Crippen LogP contribution is -2.24. The summed E-state index contributed by atoms with van der Waals surface area (Å²) in [4.78, 5) is 20.2. The smallest absolute Gasteiger partial charge is 0.209 e. The van der Waals surface area contributed by atoms with Crippen LogP contribution in [0, 0.1) is 0 Å². The van der Waals surface area contributed by atoms with E-state index in [0.29, 0.717) is 35.4 Å². The number of benzene rings is 2. The second-order valence-electron chi connectivity index (χ2n) is 7.65. The molecule has 1 aliphatic heterocycles. The Labute approximate surface area is 171 Å². The summed E-state index contributed by atoms with van der Waals surface area (Å²) >= 11 is 0. The number of nitrogens with one attached hydrogen (secondary N) is 1. The molecule has 8 heteroatoms. The number of hydrogen-bond donors (Lipinski definition) is 4. The molecule has 30 heavy (non-hydrogen) atoms. The number of anilines is 1. The fourth-order valence-electron chi connectivity index (χ4n) is 4.18. The molecule has 0 saturated carbocycles. The van der Waals surface area contributed by atoms with Crippen molar-refractivity contribution in [2.75, 3.05) is 12.3 Å². The highest BCUT2D eigenvalue weighted by Crippen LogP contribution is 2.31. The highest BCUT2D eigenvalue weighted by Gasteiger charge is 2.35. The van der Waals surface area contributed by atoms with Gasteiger partial charge in [-0.1, -0.05) is 30.3 Å². The number of pyridine rings is 1. The van der Waals surface area contributed by atoms with E-state index in [1.807, 2.05) is 36.4 Å². The maximum Gasteiger partial charge on any atom is 0.209 e. The molecule has 1 saturated heterocycles. The minimum absolute atomic E-state index is 0.200. The van der Waals surface area contributed by atoms with Gasteiger partial charge in [-0.25, -0.2) is 4.98 Å². The van der Waals surface area contributed by atoms with Crippen molar-refractivity contribution in [2.24, 2.45) is 0 Å². The number of H-pyrrole nitrogens is 1. The van der Waals surface area contributed by atoms with Crippen LogP contribution in [0.2, 0.25) is 0 Å². The quantitative estimate of drug-likeness (QED) is 0.382. The zero-order valence-corrected chi connectivity index (χ0v) is 16.2. The van der Waals surface area contributed by atoms with Gasteiger partial charge in [0.05, 0.1) is 19.0 Å². The van der Waals surface area contributed by atoms with Crippen LogP contribution in [0.25, 0.3) is 21.9 Å². The molecule has 3 atom stereocenters. The fourth-order valence-corrected chi connectivity index (χ4v) is 4.18. The Morgan fingerprint density at radius 3 is 2.90 bits per heavy atom. The molecule has 8 nitrogen and oxygen atoms in total. The summed E-state index contributed by atoms with van der Waals surface area (Å²) < 4.78 is 7.43. The van der Waals surface area contributed by atoms with Crippen molar-refractivity contribution in [2.45, 2.75) is 31.3 Å². The summed E-state index contributed by atoms with van der Waals surface area (Å²) in [6.07, 6.45) is 0.336. The molecule has 2 aromatic heterocycles. The predicted octanol–water partition coefficient (Wildman–Crippen LogP) is 1.69. The van der Waals surface area contributed by atoms with E-state index in [0.717, 1.165) is 16.3 Å². The third kappa shape index (κ3) is 3.06. The number of nitrogens with zero attached hydrogens (tertiary/aromatic N) is 2. The summed E-state index contributed by atoms with van der Waals surface area (Å²) in [5.74, 6) is 0. The average molecular weight is 406 g/mol.